The average molecular weight is 278 g/mol. The van der Waals surface area contributed by atoms with Crippen LogP contribution in [0.15, 0.2) is 18.2 Å². The van der Waals surface area contributed by atoms with E-state index in [9.17, 15) is 4.79 Å². The number of methoxy groups -OCH3 is 1. The summed E-state index contributed by atoms with van der Waals surface area (Å²) in [5.74, 6) is 0.786. The van der Waals surface area contributed by atoms with Crippen LogP contribution in [0.5, 0.6) is 5.75 Å². The molecule has 1 aliphatic rings. The summed E-state index contributed by atoms with van der Waals surface area (Å²) in [6.45, 7) is 4.11. The first-order chi connectivity index (χ1) is 9.55. The van der Waals surface area contributed by atoms with E-state index in [0.717, 1.165) is 23.4 Å². The molecule has 0 saturated carbocycles. The molecule has 1 atom stereocenters. The predicted molar refractivity (Wildman–Crippen MR) is 78.0 cm³/mol. The second-order valence-electron chi connectivity index (χ2n) is 4.99. The molecule has 1 heterocycles. The van der Waals surface area contributed by atoms with Crippen molar-refractivity contribution in [3.05, 3.63) is 23.8 Å². The Morgan fingerprint density at radius 3 is 2.80 bits per heavy atom. The third kappa shape index (κ3) is 2.45. The summed E-state index contributed by atoms with van der Waals surface area (Å²) in [6, 6.07) is 5.67. The van der Waals surface area contributed by atoms with Gasteiger partial charge in [-0.25, -0.2) is 4.79 Å². The highest BCUT2D eigenvalue weighted by Gasteiger charge is 2.40. The van der Waals surface area contributed by atoms with Crippen LogP contribution in [0.4, 0.5) is 10.5 Å². The van der Waals surface area contributed by atoms with Crippen LogP contribution >= 0.6 is 0 Å². The minimum Gasteiger partial charge on any atom is -0.497 e. The molecule has 0 spiro atoms. The van der Waals surface area contributed by atoms with E-state index in [-0.39, 0.29) is 6.09 Å². The van der Waals surface area contributed by atoms with Crippen molar-refractivity contribution in [2.75, 3.05) is 18.6 Å². The lowest BCUT2D eigenvalue weighted by molar-refractivity contribution is 0.148. The van der Waals surface area contributed by atoms with Gasteiger partial charge in [-0.2, -0.15) is 0 Å². The van der Waals surface area contributed by atoms with Gasteiger partial charge in [-0.05, 0) is 49.9 Å². The van der Waals surface area contributed by atoms with Gasteiger partial charge < -0.3 is 15.2 Å². The summed E-state index contributed by atoms with van der Waals surface area (Å²) in [7, 11) is 1.63. The molecule has 0 aromatic heterocycles. The molecule has 110 valence electrons. The highest BCUT2D eigenvalue weighted by atomic mass is 16.6. The van der Waals surface area contributed by atoms with E-state index < -0.39 is 5.66 Å². The van der Waals surface area contributed by atoms with Crippen LogP contribution in [0.1, 0.15) is 32.3 Å². The summed E-state index contributed by atoms with van der Waals surface area (Å²) < 4.78 is 10.4. The maximum absolute atomic E-state index is 12.3. The fourth-order valence-corrected chi connectivity index (χ4v) is 2.61. The molecule has 0 bridgehead atoms. The Morgan fingerprint density at radius 1 is 1.45 bits per heavy atom. The molecule has 2 rings (SSSR count). The van der Waals surface area contributed by atoms with Gasteiger partial charge in [0, 0.05) is 0 Å². The molecule has 0 aliphatic carbocycles. The zero-order valence-electron chi connectivity index (χ0n) is 12.3. The predicted octanol–water partition coefficient (Wildman–Crippen LogP) is 2.67. The summed E-state index contributed by atoms with van der Waals surface area (Å²) in [6.07, 6.45) is 1.83. The Hall–Kier alpha value is -1.75. The number of nitrogens with zero attached hydrogens (tertiary/aromatic N) is 1. The summed E-state index contributed by atoms with van der Waals surface area (Å²) >= 11 is 0. The van der Waals surface area contributed by atoms with Crippen LogP contribution in [0.2, 0.25) is 0 Å². The molecule has 0 radical (unpaired) electrons. The Balaban J connectivity index is 2.46. The summed E-state index contributed by atoms with van der Waals surface area (Å²) in [4.78, 5) is 13.9. The fourth-order valence-electron chi connectivity index (χ4n) is 2.61. The maximum Gasteiger partial charge on any atom is 0.415 e. The molecule has 1 aliphatic heterocycles. The SMILES string of the molecule is CCOC(=O)N1c2ccc(OC)cc2CCC1(N)CC. The standard InChI is InChI=1S/C15H22N2O3/c1-4-15(16)9-8-11-10-12(19-3)6-7-13(11)17(15)14(18)20-5-2/h6-7,10H,4-5,8-9,16H2,1-3H3. The lowest BCUT2D eigenvalue weighted by Crippen LogP contribution is -2.60. The van der Waals surface area contributed by atoms with Crippen molar-refractivity contribution in [1.29, 1.82) is 0 Å². The molecule has 20 heavy (non-hydrogen) atoms. The molecule has 5 heteroatoms. The average Bonchev–Trinajstić information content (AvgIpc) is 2.46. The monoisotopic (exact) mass is 278 g/mol. The molecule has 1 aromatic rings. The Kier molecular flexibility index (Phi) is 4.18. The van der Waals surface area contributed by atoms with Gasteiger partial charge in [-0.1, -0.05) is 6.92 Å². The van der Waals surface area contributed by atoms with Gasteiger partial charge in [0.25, 0.3) is 0 Å². The van der Waals surface area contributed by atoms with Gasteiger partial charge in [0.15, 0.2) is 0 Å². The quantitative estimate of drug-likeness (QED) is 0.923. The Labute approximate surface area is 119 Å². The van der Waals surface area contributed by atoms with E-state index in [4.69, 9.17) is 15.2 Å². The Bertz CT molecular complexity index is 504. The van der Waals surface area contributed by atoms with E-state index in [1.54, 1.807) is 18.9 Å². The first kappa shape index (κ1) is 14.7. The number of nitrogens with two attached hydrogens (primary N) is 1. The number of rotatable bonds is 3. The van der Waals surface area contributed by atoms with Gasteiger partial charge in [0.2, 0.25) is 0 Å². The third-order valence-electron chi connectivity index (χ3n) is 3.86. The van der Waals surface area contributed by atoms with Crippen LogP contribution in [0.25, 0.3) is 0 Å². The number of hydrogen-bond donors (Lipinski definition) is 1. The number of ether oxygens (including phenoxy) is 2. The third-order valence-corrected chi connectivity index (χ3v) is 3.86. The van der Waals surface area contributed by atoms with Crippen LogP contribution in [-0.2, 0) is 11.2 Å². The number of amides is 1. The zero-order chi connectivity index (χ0) is 14.8. The van der Waals surface area contributed by atoms with E-state index in [1.807, 2.05) is 25.1 Å². The molecular formula is C15H22N2O3. The summed E-state index contributed by atoms with van der Waals surface area (Å²) in [5.41, 5.74) is 7.61. The molecule has 0 fully saturated rings. The van der Waals surface area contributed by atoms with Crippen LogP contribution in [0, 0.1) is 0 Å². The molecule has 1 aromatic carbocycles. The normalized spacial score (nSPS) is 21.3. The van der Waals surface area contributed by atoms with Crippen LogP contribution in [-0.4, -0.2) is 25.5 Å². The maximum atomic E-state index is 12.3. The van der Waals surface area contributed by atoms with Gasteiger partial charge in [-0.3, -0.25) is 4.90 Å². The van der Waals surface area contributed by atoms with E-state index in [0.29, 0.717) is 19.4 Å². The molecule has 0 saturated heterocycles. The first-order valence-corrected chi connectivity index (χ1v) is 6.98. The van der Waals surface area contributed by atoms with Crippen LogP contribution < -0.4 is 15.4 Å². The highest BCUT2D eigenvalue weighted by molar-refractivity contribution is 5.91. The number of hydrogen-bond acceptors (Lipinski definition) is 4. The van der Waals surface area contributed by atoms with Crippen molar-refractivity contribution in [1.82, 2.24) is 0 Å². The second-order valence-corrected chi connectivity index (χ2v) is 4.99. The lowest BCUT2D eigenvalue weighted by Gasteiger charge is -2.44. The Morgan fingerprint density at radius 2 is 2.20 bits per heavy atom. The van der Waals surface area contributed by atoms with Crippen molar-refractivity contribution in [3.63, 3.8) is 0 Å². The molecule has 5 nitrogen and oxygen atoms in total. The molecule has 1 unspecified atom stereocenters. The molecule has 1 amide bonds. The largest absolute Gasteiger partial charge is 0.497 e. The van der Waals surface area contributed by atoms with Gasteiger partial charge >= 0.3 is 6.09 Å². The number of anilines is 1. The van der Waals surface area contributed by atoms with Crippen LogP contribution in [0.3, 0.4) is 0 Å². The van der Waals surface area contributed by atoms with E-state index in [1.165, 1.54) is 0 Å². The topological polar surface area (TPSA) is 64.8 Å². The number of benzene rings is 1. The van der Waals surface area contributed by atoms with Crippen molar-refractivity contribution >= 4 is 11.8 Å². The van der Waals surface area contributed by atoms with E-state index in [2.05, 4.69) is 0 Å². The van der Waals surface area contributed by atoms with Gasteiger partial charge in [0.1, 0.15) is 5.75 Å². The zero-order valence-corrected chi connectivity index (χ0v) is 12.3. The number of carbonyl (C=O) groups excluding carboxylic acids is 1. The highest BCUT2D eigenvalue weighted by Crippen LogP contribution is 2.38. The lowest BCUT2D eigenvalue weighted by atomic mass is 9.89. The molecule has 2 N–H and O–H groups in total. The van der Waals surface area contributed by atoms with Crippen molar-refractivity contribution in [2.24, 2.45) is 5.73 Å². The number of fused-ring (bicyclic) bond motifs is 1. The minimum atomic E-state index is -0.687. The number of carbonyl (C=O) groups is 1. The van der Waals surface area contributed by atoms with Crippen molar-refractivity contribution < 1.29 is 14.3 Å². The van der Waals surface area contributed by atoms with Crippen molar-refractivity contribution in [3.8, 4) is 5.75 Å². The van der Waals surface area contributed by atoms with Gasteiger partial charge in [0.05, 0.1) is 25.1 Å². The first-order valence-electron chi connectivity index (χ1n) is 6.98. The smallest absolute Gasteiger partial charge is 0.415 e. The second kappa shape index (κ2) is 5.71. The van der Waals surface area contributed by atoms with Gasteiger partial charge in [-0.15, -0.1) is 0 Å². The fraction of sp³-hybridized carbons (Fsp3) is 0.533. The van der Waals surface area contributed by atoms with Crippen molar-refractivity contribution in [2.45, 2.75) is 38.8 Å². The summed E-state index contributed by atoms with van der Waals surface area (Å²) in [5, 5.41) is 0. The van der Waals surface area contributed by atoms with E-state index >= 15 is 0 Å². The number of aryl methyl sites for hydroxylation is 1. The molecular weight excluding hydrogens is 256 g/mol. The minimum absolute atomic E-state index is 0.334.